The lowest BCUT2D eigenvalue weighted by molar-refractivity contribution is -0.0635. The molecule has 17 atom stereocenters. The van der Waals surface area contributed by atoms with E-state index in [0.717, 1.165) is 10.1 Å². The molecule has 0 amide bonds. The lowest BCUT2D eigenvalue weighted by Gasteiger charge is -2.27. The predicted octanol–water partition coefficient (Wildman–Crippen LogP) is 1.17. The van der Waals surface area contributed by atoms with Gasteiger partial charge in [0.2, 0.25) is 11.9 Å². The second-order valence-corrected chi connectivity index (χ2v) is 32.7. The van der Waals surface area contributed by atoms with Gasteiger partial charge < -0.3 is 93.0 Å². The van der Waals surface area contributed by atoms with Crippen LogP contribution in [0.25, 0.3) is 44.5 Å². The molecule has 8 aromatic heterocycles. The van der Waals surface area contributed by atoms with E-state index in [4.69, 9.17) is 121 Å². The Morgan fingerprint density at radius 1 is 0.598 bits per heavy atom. The lowest BCUT2D eigenvalue weighted by Crippen LogP contribution is -2.34. The molecule has 0 radical (unpaired) electrons. The normalized spacial score (nSPS) is 36.0. The number of nitrogens with one attached hydrogen (secondary N) is 2. The number of H-pyrrole nitrogens is 2. The number of imidazole rings is 1. The zero-order valence-corrected chi connectivity index (χ0v) is 51.6. The number of hydrogen-bond acceptors (Lipinski definition) is 31. The number of alkyl halides is 1. The van der Waals surface area contributed by atoms with Gasteiger partial charge in [-0.15, -0.1) is 22.0 Å². The Kier molecular flexibility index (Phi) is 16.6. The van der Waals surface area contributed by atoms with Gasteiger partial charge in [0, 0.05) is 47.8 Å². The van der Waals surface area contributed by atoms with E-state index in [1.807, 2.05) is 6.07 Å². The molecule has 0 aromatic carbocycles. The summed E-state index contributed by atoms with van der Waals surface area (Å²) >= 11 is 22.5. The van der Waals surface area contributed by atoms with Gasteiger partial charge in [0.15, 0.2) is 52.1 Å². The first kappa shape index (κ1) is 61.2. The number of ether oxygens (including phenoxy) is 3. The van der Waals surface area contributed by atoms with E-state index in [0.29, 0.717) is 11.3 Å². The van der Waals surface area contributed by atoms with Crippen molar-refractivity contribution in [1.82, 2.24) is 74.0 Å². The molecule has 466 valence electrons. The van der Waals surface area contributed by atoms with E-state index in [-0.39, 0.29) is 90.2 Å². The number of nitrogens with zero attached hydrogens (tertiary/aromatic N) is 13. The van der Waals surface area contributed by atoms with Crippen LogP contribution in [0.5, 0.6) is 0 Å². The highest BCUT2D eigenvalue weighted by Gasteiger charge is 2.53. The average Bonchev–Trinajstić information content (AvgIpc) is 2.29. The van der Waals surface area contributed by atoms with Gasteiger partial charge in [-0.25, -0.2) is 19.3 Å². The van der Waals surface area contributed by atoms with Crippen LogP contribution >= 0.6 is 38.6 Å². The Hall–Kier alpha value is -4.65. The molecule has 6 fully saturated rings. The summed E-state index contributed by atoms with van der Waals surface area (Å²) in [4.78, 5) is 94.5. The van der Waals surface area contributed by atoms with E-state index in [2.05, 4.69) is 55.5 Å². The van der Waals surface area contributed by atoms with Crippen molar-refractivity contribution < 1.29 is 74.4 Å². The van der Waals surface area contributed by atoms with Crippen LogP contribution in [0.4, 0.5) is 27.7 Å². The van der Waals surface area contributed by atoms with Gasteiger partial charge in [-0.3, -0.25) is 28.6 Å². The average molecular weight is 1380 g/mol. The number of aromatic nitrogens is 15. The van der Waals surface area contributed by atoms with Crippen LogP contribution in [-0.2, 0) is 97.6 Å². The van der Waals surface area contributed by atoms with Crippen LogP contribution in [0.1, 0.15) is 43.3 Å². The van der Waals surface area contributed by atoms with Gasteiger partial charge in [-0.05, 0) is 71.8 Å². The molecule has 6 saturated heterocycles. The molecule has 6 aliphatic heterocycles. The van der Waals surface area contributed by atoms with Crippen molar-refractivity contribution in [3.63, 3.8) is 0 Å². The summed E-state index contributed by atoms with van der Waals surface area (Å²) in [5.41, 5.74) is 24.3. The van der Waals surface area contributed by atoms with Crippen molar-refractivity contribution in [3.05, 3.63) is 63.8 Å². The minimum absolute atomic E-state index is 0.0207. The van der Waals surface area contributed by atoms with E-state index in [1.54, 1.807) is 27.6 Å². The van der Waals surface area contributed by atoms with Gasteiger partial charge in [-0.1, -0.05) is 10.4 Å². The highest BCUT2D eigenvalue weighted by Crippen LogP contribution is 2.58. The third kappa shape index (κ3) is 12.4. The molecule has 0 saturated carbocycles. The Morgan fingerprint density at radius 2 is 1.21 bits per heavy atom. The number of nitrogens with two attached hydrogens (primary N) is 4. The van der Waals surface area contributed by atoms with Crippen LogP contribution in [0.2, 0.25) is 0 Å². The first-order chi connectivity index (χ1) is 41.3. The Labute approximate surface area is 509 Å². The van der Waals surface area contributed by atoms with Crippen molar-refractivity contribution >= 4 is 154 Å². The minimum atomic E-state index is -4.07. The number of hydrogen-bond donors (Lipinski definition) is 10. The first-order valence-electron chi connectivity index (χ1n) is 25.7. The molecule has 87 heavy (non-hydrogen) atoms. The fourth-order valence-electron chi connectivity index (χ4n) is 10.6. The predicted molar refractivity (Wildman–Crippen MR) is 317 cm³/mol. The largest absolute Gasteiger partial charge is 0.398 e. The van der Waals surface area contributed by atoms with E-state index >= 15 is 4.39 Å². The topological polar surface area (TPSA) is 488 Å². The van der Waals surface area contributed by atoms with Gasteiger partial charge >= 0.3 is 26.9 Å². The fourth-order valence-corrected chi connectivity index (χ4v) is 18.1. The van der Waals surface area contributed by atoms with E-state index in [9.17, 15) is 29.2 Å². The molecule has 6 aliphatic rings. The second kappa shape index (κ2) is 23.5. The zero-order chi connectivity index (χ0) is 61.1. The highest BCUT2D eigenvalue weighted by molar-refractivity contribution is 8.08. The van der Waals surface area contributed by atoms with Gasteiger partial charge in [0.05, 0.1) is 56.8 Å². The van der Waals surface area contributed by atoms with Crippen molar-refractivity contribution in [2.45, 2.75) is 97.5 Å². The summed E-state index contributed by atoms with van der Waals surface area (Å²) in [5.74, 6) is -0.280. The van der Waals surface area contributed by atoms with Crippen molar-refractivity contribution in [2.24, 2.45) is 0 Å². The fraction of sp³-hybridized carbons (Fsp3) is 0.488. The van der Waals surface area contributed by atoms with E-state index < -0.39 is 123 Å². The maximum absolute atomic E-state index is 16.0. The molecule has 14 rings (SSSR count). The molecular formula is C41H48FN19O17P4S5. The standard InChI is InChI=1S/C21H25N9O9P2S2.C20H23FN10O8P2S3/c22-11-1-3-24-17-10(11)2-4-29(17)15-6-12-14(37-15)8-35-41(33,43)39-13-5-9(7-34-40(32,42)38-12)36-20(13)30-18-16(27-28-30)19(31)26-21(23)25-18;21-11-14-10(37-18(11)31-15-12(28-29-31)8(22)1-2-24-15)5-36-40(33,42)38-9-3-7(4-35-41(34,43)39-14)44-19(9)30-6-25-13-16(30)26-20(23)27-17(13)32/h1-4,9,12-15,20H,5-8H2,(H2,22,24)(H,32,42)(H,33,43)(H3,23,25,26,31);1-2,6-7,9-11,14,18-19H,3-5H2,(H2,22,24)(H,33,42)(H,34,43)(H3,23,26,27,32)/t9-,12-,13+,14+,15+,20+,40?,41?;7-,9+,10+,11-,14+,18+,19+,40?,41?/m00/s1. The summed E-state index contributed by atoms with van der Waals surface area (Å²) in [5, 5.41) is 15.5. The molecule has 4 unspecified atom stereocenters. The number of nitrogen functional groups attached to an aromatic ring is 4. The maximum Gasteiger partial charge on any atom is 0.325 e. The van der Waals surface area contributed by atoms with Crippen molar-refractivity contribution in [1.29, 1.82) is 0 Å². The van der Waals surface area contributed by atoms with Gasteiger partial charge in [0.1, 0.15) is 41.7 Å². The molecule has 46 heteroatoms. The van der Waals surface area contributed by atoms with Crippen LogP contribution in [0, 0.1) is 0 Å². The number of anilines is 4. The third-order valence-corrected chi connectivity index (χ3v) is 22.2. The molecule has 14 N–H and O–H groups in total. The van der Waals surface area contributed by atoms with E-state index in [1.165, 1.54) is 35.0 Å². The lowest BCUT2D eigenvalue weighted by atomic mass is 10.1. The molecule has 14 heterocycles. The zero-order valence-electron chi connectivity index (χ0n) is 43.9. The third-order valence-electron chi connectivity index (χ3n) is 14.4. The number of halogens is 1. The maximum atomic E-state index is 16.0. The van der Waals surface area contributed by atoms with Crippen molar-refractivity contribution in [2.75, 3.05) is 49.4 Å². The second-order valence-electron chi connectivity index (χ2n) is 20.1. The van der Waals surface area contributed by atoms with Crippen LogP contribution in [0.3, 0.4) is 0 Å². The summed E-state index contributed by atoms with van der Waals surface area (Å²) in [6.07, 6.45) is -5.20. The summed E-state index contributed by atoms with van der Waals surface area (Å²) in [6.45, 7) is -17.0. The highest BCUT2D eigenvalue weighted by atomic mass is 32.5. The molecular weight excluding hydrogens is 1330 g/mol. The SMILES string of the molecule is Nc1nc2c(ncn2[C@@H]2S[C@@H]3COP(O)(=S)O[C@H]4[C@H](F)[C@H](n5nnc6c(N)ccnc65)O[C@@H]4COP(O)(=S)O[C@@H]2C3)c(=O)[nH]1.Nc1nc2c(nnn2[C@@H]2O[C@@H]3COP(O)(=S)O[C@H]4C[C@H](n5ccc6c(N)ccnc65)O[C@@H]4COP(O)(=S)O[C@@H]2C3)c(=O)[nH]1. The molecule has 8 aromatic rings. The van der Waals surface area contributed by atoms with Crippen molar-refractivity contribution in [3.8, 4) is 0 Å². The summed E-state index contributed by atoms with van der Waals surface area (Å²) in [7, 11) is 0. The number of aromatic amines is 2. The molecule has 36 nitrogen and oxygen atoms in total. The quantitative estimate of drug-likeness (QED) is 0.111. The number of fused-ring (bicyclic) bond motifs is 10. The molecule has 4 bridgehead atoms. The summed E-state index contributed by atoms with van der Waals surface area (Å²) in [6, 6.07) is 5.03. The number of thioether (sulfide) groups is 1. The number of rotatable bonds is 4. The number of pyridine rings is 2. The van der Waals surface area contributed by atoms with Gasteiger partial charge in [-0.2, -0.15) is 19.3 Å². The Morgan fingerprint density at radius 3 is 1.95 bits per heavy atom. The van der Waals surface area contributed by atoms with Crippen LogP contribution in [0.15, 0.2) is 52.7 Å². The monoisotopic (exact) mass is 1380 g/mol. The smallest absolute Gasteiger partial charge is 0.325 e. The molecule has 0 spiro atoms. The first-order valence-corrected chi connectivity index (χ1v) is 37.0. The van der Waals surface area contributed by atoms with Crippen LogP contribution < -0.4 is 34.1 Å². The Bertz CT molecular complexity index is 4320. The summed E-state index contributed by atoms with van der Waals surface area (Å²) < 4.78 is 85.9. The minimum Gasteiger partial charge on any atom is -0.398 e. The molecule has 0 aliphatic carbocycles. The van der Waals surface area contributed by atoms with Crippen LogP contribution in [-0.4, -0.2) is 174 Å². The Balaban J connectivity index is 0.000000161. The van der Waals surface area contributed by atoms with Gasteiger partial charge in [0.25, 0.3) is 11.1 Å².